The van der Waals surface area contributed by atoms with Crippen molar-refractivity contribution in [3.63, 3.8) is 0 Å². The largest absolute Gasteiger partial charge is 0.393 e. The minimum atomic E-state index is -0.241. The van der Waals surface area contributed by atoms with Crippen LogP contribution in [0, 0.1) is 0 Å². The van der Waals surface area contributed by atoms with Gasteiger partial charge in [0.05, 0.1) is 6.10 Å². The van der Waals surface area contributed by atoms with E-state index in [-0.39, 0.29) is 23.9 Å². The molecule has 0 bridgehead atoms. The van der Waals surface area contributed by atoms with Crippen LogP contribution in [0.4, 0.5) is 0 Å². The Kier molecular flexibility index (Phi) is 16.4. The fraction of sp³-hybridized carbons (Fsp3) is 1.00. The molecule has 0 aromatic rings. The highest BCUT2D eigenvalue weighted by molar-refractivity contribution is 6.20. The van der Waals surface area contributed by atoms with Gasteiger partial charge in [-0.25, -0.2) is 0 Å². The molecule has 3 atom stereocenters. The monoisotopic (exact) mass is 327 g/mol. The van der Waals surface area contributed by atoms with Gasteiger partial charge in [0.2, 0.25) is 0 Å². The normalized spacial score (nSPS) is 15.8. The molecule has 0 aromatic carbocycles. The Morgan fingerprint density at radius 1 is 1.00 bits per heavy atom. The van der Waals surface area contributed by atoms with Gasteiger partial charge >= 0.3 is 0 Å². The maximum atomic E-state index is 9.65. The van der Waals surface area contributed by atoms with E-state index in [1.165, 1.54) is 25.7 Å². The summed E-state index contributed by atoms with van der Waals surface area (Å²) in [5, 5.41) is 9.90. The van der Waals surface area contributed by atoms with Crippen molar-refractivity contribution in [2.75, 3.05) is 13.1 Å². The second kappa shape index (κ2) is 14.4. The Hall–Kier alpha value is 0.500. The molecule has 3 unspecified atom stereocenters. The first-order valence-corrected chi connectivity index (χ1v) is 8.54. The molecule has 124 valence electrons. The number of hydrogen-bond acceptors (Lipinski definition) is 2. The van der Waals surface area contributed by atoms with E-state index in [4.69, 9.17) is 11.6 Å². The number of alkyl halides is 1. The summed E-state index contributed by atoms with van der Waals surface area (Å²) in [6, 6.07) is 0.420. The molecule has 20 heavy (non-hydrogen) atoms. The molecule has 0 amide bonds. The van der Waals surface area contributed by atoms with Crippen LogP contribution in [0.3, 0.4) is 0 Å². The van der Waals surface area contributed by atoms with E-state index in [2.05, 4.69) is 25.7 Å². The fourth-order valence-corrected chi connectivity index (χ4v) is 3.09. The Morgan fingerprint density at radius 3 is 2.05 bits per heavy atom. The molecule has 0 saturated carbocycles. The topological polar surface area (TPSA) is 23.5 Å². The minimum absolute atomic E-state index is 0. The van der Waals surface area contributed by atoms with E-state index >= 15 is 0 Å². The number of nitrogens with zero attached hydrogens (tertiary/aromatic N) is 1. The molecule has 0 aromatic heterocycles. The lowest BCUT2D eigenvalue weighted by atomic mass is 9.99. The maximum absolute atomic E-state index is 9.65. The summed E-state index contributed by atoms with van der Waals surface area (Å²) in [6.07, 6.45) is 7.83. The Labute approximate surface area is 137 Å². The number of unbranched alkanes of at least 4 members (excludes halogenated alkanes) is 3. The zero-order chi connectivity index (χ0) is 14.7. The van der Waals surface area contributed by atoms with Crippen LogP contribution in [-0.2, 0) is 0 Å². The first-order chi connectivity index (χ1) is 9.04. The molecule has 2 nitrogen and oxygen atoms in total. The average molecular weight is 328 g/mol. The van der Waals surface area contributed by atoms with Gasteiger partial charge < -0.3 is 10.0 Å². The van der Waals surface area contributed by atoms with Gasteiger partial charge in [0.1, 0.15) is 0 Å². The highest BCUT2D eigenvalue weighted by atomic mass is 35.5. The Morgan fingerprint density at radius 2 is 1.60 bits per heavy atom. The number of hydrogen-bond donors (Lipinski definition) is 1. The van der Waals surface area contributed by atoms with Gasteiger partial charge in [-0.15, -0.1) is 24.0 Å². The smallest absolute Gasteiger partial charge is 0.0527 e. The maximum Gasteiger partial charge on any atom is 0.0527 e. The molecule has 0 aliphatic heterocycles. The van der Waals surface area contributed by atoms with Crippen molar-refractivity contribution >= 4 is 24.0 Å². The summed E-state index contributed by atoms with van der Waals surface area (Å²) in [6.45, 7) is 10.5. The average Bonchev–Trinajstić information content (AvgIpc) is 2.35. The van der Waals surface area contributed by atoms with Gasteiger partial charge in [0, 0.05) is 11.4 Å². The van der Waals surface area contributed by atoms with Gasteiger partial charge in [-0.3, -0.25) is 0 Å². The quantitative estimate of drug-likeness (QED) is 0.409. The van der Waals surface area contributed by atoms with E-state index in [0.29, 0.717) is 6.04 Å². The fourth-order valence-electron chi connectivity index (χ4n) is 2.73. The second-order valence-corrected chi connectivity index (χ2v) is 6.26. The Bertz CT molecular complexity index is 199. The molecule has 4 heteroatoms. The van der Waals surface area contributed by atoms with Crippen molar-refractivity contribution in [1.29, 1.82) is 0 Å². The lowest BCUT2D eigenvalue weighted by Crippen LogP contribution is -2.38. The first kappa shape index (κ1) is 22.8. The third-order valence-corrected chi connectivity index (χ3v) is 4.24. The number of aliphatic hydroxyl groups is 1. The molecule has 0 spiro atoms. The van der Waals surface area contributed by atoms with Crippen LogP contribution < -0.4 is 0 Å². The van der Waals surface area contributed by atoms with Crippen LogP contribution in [0.1, 0.15) is 72.6 Å². The van der Waals surface area contributed by atoms with Crippen molar-refractivity contribution in [2.24, 2.45) is 0 Å². The molecule has 0 aliphatic rings. The van der Waals surface area contributed by atoms with Crippen molar-refractivity contribution in [3.05, 3.63) is 0 Å². The highest BCUT2D eigenvalue weighted by Crippen LogP contribution is 2.21. The van der Waals surface area contributed by atoms with E-state index in [9.17, 15) is 5.11 Å². The number of halogens is 2. The minimum Gasteiger partial charge on any atom is -0.393 e. The van der Waals surface area contributed by atoms with Crippen LogP contribution in [-0.4, -0.2) is 40.6 Å². The van der Waals surface area contributed by atoms with Crippen LogP contribution in [0.15, 0.2) is 0 Å². The molecular formula is C16H35Cl2NO. The van der Waals surface area contributed by atoms with E-state index < -0.39 is 0 Å². The summed E-state index contributed by atoms with van der Waals surface area (Å²) in [5.74, 6) is 0. The summed E-state index contributed by atoms with van der Waals surface area (Å²) < 4.78 is 0. The van der Waals surface area contributed by atoms with Crippen molar-refractivity contribution in [3.8, 4) is 0 Å². The molecule has 0 fully saturated rings. The molecule has 0 aliphatic carbocycles. The van der Waals surface area contributed by atoms with E-state index in [0.717, 1.165) is 32.4 Å². The van der Waals surface area contributed by atoms with Gasteiger partial charge in [0.15, 0.2) is 0 Å². The highest BCUT2D eigenvalue weighted by Gasteiger charge is 2.21. The van der Waals surface area contributed by atoms with Crippen LogP contribution in [0.25, 0.3) is 0 Å². The number of aliphatic hydroxyl groups excluding tert-OH is 1. The zero-order valence-electron chi connectivity index (χ0n) is 13.8. The predicted molar refractivity (Wildman–Crippen MR) is 93.3 cm³/mol. The molecule has 0 saturated heterocycles. The summed E-state index contributed by atoms with van der Waals surface area (Å²) in [5.41, 5.74) is 0. The molecule has 0 rings (SSSR count). The van der Waals surface area contributed by atoms with Crippen LogP contribution >= 0.6 is 24.0 Å². The van der Waals surface area contributed by atoms with Gasteiger partial charge in [0.25, 0.3) is 0 Å². The zero-order valence-corrected chi connectivity index (χ0v) is 15.3. The lowest BCUT2D eigenvalue weighted by molar-refractivity contribution is 0.112. The molecule has 1 N–H and O–H groups in total. The SMILES string of the molecule is CCCCCCC(Cl)CC(CC(C)O)N(CC)CC.Cl. The van der Waals surface area contributed by atoms with Gasteiger partial charge in [-0.2, -0.15) is 0 Å². The van der Waals surface area contributed by atoms with E-state index in [1.807, 2.05) is 6.92 Å². The summed E-state index contributed by atoms with van der Waals surface area (Å²) in [7, 11) is 0. The third kappa shape index (κ3) is 11.2. The van der Waals surface area contributed by atoms with Crippen molar-refractivity contribution in [2.45, 2.75) is 90.2 Å². The lowest BCUT2D eigenvalue weighted by Gasteiger charge is -2.32. The molecule has 0 radical (unpaired) electrons. The van der Waals surface area contributed by atoms with Gasteiger partial charge in [-0.1, -0.05) is 46.5 Å². The standard InChI is InChI=1S/C16H34ClNO.ClH/c1-5-8-9-10-11-15(17)13-16(12-14(4)19)18(6-2)7-3;/h14-16,19H,5-13H2,1-4H3;1H. The van der Waals surface area contributed by atoms with Crippen molar-refractivity contribution in [1.82, 2.24) is 4.90 Å². The first-order valence-electron chi connectivity index (χ1n) is 8.11. The molecule has 0 heterocycles. The summed E-state index contributed by atoms with van der Waals surface area (Å²) >= 11 is 6.49. The summed E-state index contributed by atoms with van der Waals surface area (Å²) in [4.78, 5) is 2.42. The van der Waals surface area contributed by atoms with Crippen LogP contribution in [0.2, 0.25) is 0 Å². The Balaban J connectivity index is 0. The van der Waals surface area contributed by atoms with E-state index in [1.54, 1.807) is 0 Å². The second-order valence-electron chi connectivity index (χ2n) is 5.64. The predicted octanol–water partition coefficient (Wildman–Crippen LogP) is 4.86. The molecular weight excluding hydrogens is 293 g/mol. The number of rotatable bonds is 12. The van der Waals surface area contributed by atoms with Crippen LogP contribution in [0.5, 0.6) is 0 Å². The van der Waals surface area contributed by atoms with Gasteiger partial charge in [-0.05, 0) is 39.3 Å². The van der Waals surface area contributed by atoms with Crippen molar-refractivity contribution < 1.29 is 5.11 Å². The third-order valence-electron chi connectivity index (χ3n) is 3.84.